The van der Waals surface area contributed by atoms with Crippen molar-refractivity contribution in [1.29, 1.82) is 0 Å². The molecule has 166 valence electrons. The molecule has 0 unspecified atom stereocenters. The van der Waals surface area contributed by atoms with Crippen LogP contribution in [0.1, 0.15) is 12.7 Å². The summed E-state index contributed by atoms with van der Waals surface area (Å²) in [7, 11) is 0. The summed E-state index contributed by atoms with van der Waals surface area (Å²) >= 11 is 1.50. The van der Waals surface area contributed by atoms with E-state index in [9.17, 15) is 4.79 Å². The molecule has 1 aliphatic heterocycles. The highest BCUT2D eigenvalue weighted by Gasteiger charge is 2.19. The van der Waals surface area contributed by atoms with E-state index in [0.29, 0.717) is 54.4 Å². The third-order valence-electron chi connectivity index (χ3n) is 4.62. The number of thioether (sulfide) groups is 1. The molecule has 11 nitrogen and oxygen atoms in total. The molecule has 12 heteroatoms. The molecular formula is C20H21N7O4S. The SMILES string of the molecule is CC(=O)O.O=c1c2ccccc2nc(CSc2ncnc3nc[nH]c23)n1N1CCOCC1. The molecule has 0 radical (unpaired) electrons. The number of benzene rings is 1. The van der Waals surface area contributed by atoms with Crippen LogP contribution in [0.5, 0.6) is 0 Å². The molecule has 1 saturated heterocycles. The molecule has 0 spiro atoms. The number of hydrogen-bond donors (Lipinski definition) is 2. The zero-order valence-electron chi connectivity index (χ0n) is 17.3. The van der Waals surface area contributed by atoms with Gasteiger partial charge in [-0.05, 0) is 12.1 Å². The van der Waals surface area contributed by atoms with Crippen molar-refractivity contribution in [2.45, 2.75) is 17.7 Å². The third kappa shape index (κ3) is 4.70. The van der Waals surface area contributed by atoms with Crippen LogP contribution in [-0.4, -0.2) is 67.0 Å². The number of imidazole rings is 1. The highest BCUT2D eigenvalue weighted by atomic mass is 32.2. The summed E-state index contributed by atoms with van der Waals surface area (Å²) in [5, 5.41) is 10.8. The summed E-state index contributed by atoms with van der Waals surface area (Å²) in [6, 6.07) is 7.44. The number of hydrogen-bond acceptors (Lipinski definition) is 9. The number of fused-ring (bicyclic) bond motifs is 2. The van der Waals surface area contributed by atoms with Crippen LogP contribution in [0.4, 0.5) is 0 Å². The van der Waals surface area contributed by atoms with Gasteiger partial charge in [-0.25, -0.2) is 24.6 Å². The zero-order chi connectivity index (χ0) is 22.5. The lowest BCUT2D eigenvalue weighted by atomic mass is 10.2. The van der Waals surface area contributed by atoms with Gasteiger partial charge < -0.3 is 19.8 Å². The topological polar surface area (TPSA) is 139 Å². The van der Waals surface area contributed by atoms with Crippen molar-refractivity contribution < 1.29 is 14.6 Å². The first-order valence-electron chi connectivity index (χ1n) is 9.84. The van der Waals surface area contributed by atoms with Crippen LogP contribution in [-0.2, 0) is 15.3 Å². The average molecular weight is 456 g/mol. The van der Waals surface area contributed by atoms with Crippen molar-refractivity contribution in [2.24, 2.45) is 0 Å². The van der Waals surface area contributed by atoms with Gasteiger partial charge in [0.15, 0.2) is 5.65 Å². The van der Waals surface area contributed by atoms with Crippen molar-refractivity contribution in [3.05, 3.63) is 53.1 Å². The van der Waals surface area contributed by atoms with Gasteiger partial charge in [0.25, 0.3) is 11.5 Å². The average Bonchev–Trinajstić information content (AvgIpc) is 3.28. The number of aliphatic carboxylic acids is 1. The Labute approximate surface area is 186 Å². The summed E-state index contributed by atoms with van der Waals surface area (Å²) < 4.78 is 7.14. The molecular weight excluding hydrogens is 434 g/mol. The molecule has 32 heavy (non-hydrogen) atoms. The van der Waals surface area contributed by atoms with Gasteiger partial charge in [-0.1, -0.05) is 23.9 Å². The quantitative estimate of drug-likeness (QED) is 0.343. The Morgan fingerprint density at radius 3 is 2.75 bits per heavy atom. The molecule has 1 aliphatic rings. The van der Waals surface area contributed by atoms with Crippen LogP contribution in [0, 0.1) is 0 Å². The summed E-state index contributed by atoms with van der Waals surface area (Å²) in [6.45, 7) is 3.56. The van der Waals surface area contributed by atoms with Gasteiger partial charge in [0, 0.05) is 6.92 Å². The molecule has 0 saturated carbocycles. The van der Waals surface area contributed by atoms with E-state index < -0.39 is 5.97 Å². The Morgan fingerprint density at radius 2 is 1.97 bits per heavy atom. The van der Waals surface area contributed by atoms with E-state index in [2.05, 4.69) is 19.9 Å². The molecule has 0 bridgehead atoms. The second-order valence-corrected chi connectivity index (χ2v) is 7.78. The fourth-order valence-corrected chi connectivity index (χ4v) is 4.16. The van der Waals surface area contributed by atoms with Crippen LogP contribution < -0.4 is 10.6 Å². The second kappa shape index (κ2) is 9.75. The molecule has 0 amide bonds. The molecule has 0 aliphatic carbocycles. The molecule has 0 atom stereocenters. The van der Waals surface area contributed by atoms with E-state index in [-0.39, 0.29) is 5.56 Å². The summed E-state index contributed by atoms with van der Waals surface area (Å²) in [5.41, 5.74) is 2.04. The fourth-order valence-electron chi connectivity index (χ4n) is 3.29. The predicted molar refractivity (Wildman–Crippen MR) is 119 cm³/mol. The number of rotatable bonds is 4. The summed E-state index contributed by atoms with van der Waals surface area (Å²) in [6.07, 6.45) is 3.09. The first kappa shape index (κ1) is 21.7. The van der Waals surface area contributed by atoms with Crippen LogP contribution >= 0.6 is 11.8 Å². The normalized spacial score (nSPS) is 13.7. The number of nitrogens with zero attached hydrogens (tertiary/aromatic N) is 6. The van der Waals surface area contributed by atoms with Crippen molar-refractivity contribution in [3.8, 4) is 0 Å². The van der Waals surface area contributed by atoms with Crippen molar-refractivity contribution in [1.82, 2.24) is 29.6 Å². The molecule has 5 rings (SSSR count). The van der Waals surface area contributed by atoms with Crippen LogP contribution in [0.3, 0.4) is 0 Å². The number of carbonyl (C=O) groups is 1. The second-order valence-electron chi connectivity index (χ2n) is 6.82. The number of ether oxygens (including phenoxy) is 1. The first-order valence-corrected chi connectivity index (χ1v) is 10.8. The zero-order valence-corrected chi connectivity index (χ0v) is 18.1. The smallest absolute Gasteiger partial charge is 0.300 e. The molecule has 1 aromatic carbocycles. The molecule has 1 fully saturated rings. The Morgan fingerprint density at radius 1 is 1.22 bits per heavy atom. The standard InChI is InChI=1S/C18H17N7O2S.C2H4O2/c26-18-12-3-1-2-4-13(12)23-14(25(18)24-5-7-27-8-6-24)9-28-17-15-16(20-10-19-15)21-11-22-17;1-2(3)4/h1-4,10-11H,5-9H2,(H,19,20,21,22);1H3,(H,3,4). The molecule has 2 N–H and O–H groups in total. The van der Waals surface area contributed by atoms with E-state index in [1.165, 1.54) is 18.1 Å². The fraction of sp³-hybridized carbons (Fsp3) is 0.300. The number of H-pyrrole nitrogens is 1. The molecule has 4 aromatic rings. The minimum Gasteiger partial charge on any atom is -0.481 e. The number of carboxylic acid groups (broad SMARTS) is 1. The van der Waals surface area contributed by atoms with Gasteiger partial charge in [0.1, 0.15) is 22.7 Å². The van der Waals surface area contributed by atoms with E-state index in [1.807, 2.05) is 29.3 Å². The molecule has 3 aromatic heterocycles. The lowest BCUT2D eigenvalue weighted by molar-refractivity contribution is -0.134. The van der Waals surface area contributed by atoms with Crippen LogP contribution in [0.15, 0.2) is 46.7 Å². The maximum Gasteiger partial charge on any atom is 0.300 e. The maximum absolute atomic E-state index is 13.2. The van der Waals surface area contributed by atoms with Gasteiger partial charge in [0.2, 0.25) is 0 Å². The number of para-hydroxylation sites is 1. The number of morpholine rings is 1. The minimum absolute atomic E-state index is 0.0579. The van der Waals surface area contributed by atoms with Crippen LogP contribution in [0.2, 0.25) is 0 Å². The van der Waals surface area contributed by atoms with E-state index in [4.69, 9.17) is 19.6 Å². The number of nitrogens with one attached hydrogen (secondary N) is 1. The third-order valence-corrected chi connectivity index (χ3v) is 5.60. The summed E-state index contributed by atoms with van der Waals surface area (Å²) in [5.74, 6) is 0.338. The van der Waals surface area contributed by atoms with Crippen LogP contribution in [0.25, 0.3) is 22.1 Å². The van der Waals surface area contributed by atoms with Gasteiger partial charge >= 0.3 is 0 Å². The van der Waals surface area contributed by atoms with E-state index in [1.54, 1.807) is 11.0 Å². The Kier molecular flexibility index (Phi) is 6.61. The van der Waals surface area contributed by atoms with Gasteiger partial charge in [-0.2, -0.15) is 0 Å². The number of carboxylic acids is 1. The van der Waals surface area contributed by atoms with E-state index >= 15 is 0 Å². The monoisotopic (exact) mass is 455 g/mol. The van der Waals surface area contributed by atoms with Gasteiger partial charge in [-0.3, -0.25) is 9.59 Å². The highest BCUT2D eigenvalue weighted by Crippen LogP contribution is 2.25. The maximum atomic E-state index is 13.2. The van der Waals surface area contributed by atoms with Crippen molar-refractivity contribution in [2.75, 3.05) is 31.3 Å². The van der Waals surface area contributed by atoms with Gasteiger partial charge in [-0.15, -0.1) is 0 Å². The highest BCUT2D eigenvalue weighted by molar-refractivity contribution is 7.98. The molecule has 4 heterocycles. The Hall–Kier alpha value is -3.51. The lowest BCUT2D eigenvalue weighted by Crippen LogP contribution is -2.50. The van der Waals surface area contributed by atoms with Gasteiger partial charge in [0.05, 0.1) is 49.3 Å². The Bertz CT molecular complexity index is 1300. The van der Waals surface area contributed by atoms with Crippen molar-refractivity contribution >= 4 is 39.8 Å². The minimum atomic E-state index is -0.833. The largest absolute Gasteiger partial charge is 0.481 e. The lowest BCUT2D eigenvalue weighted by Gasteiger charge is -2.31. The Balaban J connectivity index is 0.000000567. The summed E-state index contributed by atoms with van der Waals surface area (Å²) in [4.78, 5) is 42.7. The predicted octanol–water partition coefficient (Wildman–Crippen LogP) is 1.41. The van der Waals surface area contributed by atoms with E-state index in [0.717, 1.165) is 17.5 Å². The number of aromatic nitrogens is 6. The van der Waals surface area contributed by atoms with Crippen molar-refractivity contribution in [3.63, 3.8) is 0 Å². The first-order chi connectivity index (χ1) is 15.5. The number of aromatic amines is 1.